The second kappa shape index (κ2) is 6.86. The SMILES string of the molecule is C[C@@H](CO)N1Cc2cccc(NC(=O)c3cccc4ncccc34)c2C1. The predicted molar refractivity (Wildman–Crippen MR) is 102 cm³/mol. The van der Waals surface area contributed by atoms with E-state index in [0.717, 1.165) is 35.2 Å². The van der Waals surface area contributed by atoms with Gasteiger partial charge in [-0.25, -0.2) is 0 Å². The molecule has 5 heteroatoms. The largest absolute Gasteiger partial charge is 0.395 e. The lowest BCUT2D eigenvalue weighted by molar-refractivity contribution is 0.102. The minimum absolute atomic E-state index is 0.0927. The Balaban J connectivity index is 1.63. The van der Waals surface area contributed by atoms with Gasteiger partial charge in [0.1, 0.15) is 0 Å². The van der Waals surface area contributed by atoms with E-state index in [0.29, 0.717) is 5.56 Å². The zero-order chi connectivity index (χ0) is 18.1. The molecule has 1 amide bonds. The van der Waals surface area contributed by atoms with E-state index in [9.17, 15) is 9.90 Å². The summed E-state index contributed by atoms with van der Waals surface area (Å²) in [5, 5.41) is 13.3. The summed E-state index contributed by atoms with van der Waals surface area (Å²) in [5.74, 6) is -0.134. The van der Waals surface area contributed by atoms with Crippen molar-refractivity contribution in [2.45, 2.75) is 26.1 Å². The molecule has 4 rings (SSSR count). The molecule has 2 heterocycles. The third kappa shape index (κ3) is 2.96. The van der Waals surface area contributed by atoms with Gasteiger partial charge < -0.3 is 10.4 Å². The number of carbonyl (C=O) groups excluding carboxylic acids is 1. The second-order valence-electron chi connectivity index (χ2n) is 6.71. The van der Waals surface area contributed by atoms with E-state index in [1.807, 2.05) is 49.4 Å². The third-order valence-electron chi connectivity index (χ3n) is 5.03. The van der Waals surface area contributed by atoms with E-state index in [2.05, 4.69) is 21.3 Å². The zero-order valence-electron chi connectivity index (χ0n) is 14.6. The zero-order valence-corrected chi connectivity index (χ0v) is 14.6. The molecule has 0 radical (unpaired) electrons. The maximum Gasteiger partial charge on any atom is 0.256 e. The van der Waals surface area contributed by atoms with Gasteiger partial charge in [-0.2, -0.15) is 0 Å². The number of aliphatic hydroxyl groups excluding tert-OH is 1. The van der Waals surface area contributed by atoms with Gasteiger partial charge in [0, 0.05) is 42.0 Å². The highest BCUT2D eigenvalue weighted by atomic mass is 16.3. The number of fused-ring (bicyclic) bond motifs is 2. The number of hydrogen-bond donors (Lipinski definition) is 2. The highest BCUT2D eigenvalue weighted by Crippen LogP contribution is 2.31. The van der Waals surface area contributed by atoms with Crippen LogP contribution >= 0.6 is 0 Å². The first-order valence-electron chi connectivity index (χ1n) is 8.78. The summed E-state index contributed by atoms with van der Waals surface area (Å²) in [6.07, 6.45) is 1.73. The lowest BCUT2D eigenvalue weighted by Gasteiger charge is -2.21. The number of anilines is 1. The molecule has 0 fully saturated rings. The van der Waals surface area contributed by atoms with Crippen molar-refractivity contribution in [1.29, 1.82) is 0 Å². The molecule has 1 aromatic heterocycles. The van der Waals surface area contributed by atoms with E-state index >= 15 is 0 Å². The van der Waals surface area contributed by atoms with Gasteiger partial charge in [0.15, 0.2) is 0 Å². The second-order valence-corrected chi connectivity index (χ2v) is 6.71. The monoisotopic (exact) mass is 347 g/mol. The first-order valence-corrected chi connectivity index (χ1v) is 8.78. The number of carbonyl (C=O) groups is 1. The molecule has 0 bridgehead atoms. The average molecular weight is 347 g/mol. The summed E-state index contributed by atoms with van der Waals surface area (Å²) in [6.45, 7) is 3.65. The Morgan fingerprint density at radius 1 is 1.19 bits per heavy atom. The normalized spacial score (nSPS) is 15.0. The molecule has 3 aromatic rings. The number of hydrogen-bond acceptors (Lipinski definition) is 4. The molecule has 1 aliphatic heterocycles. The van der Waals surface area contributed by atoms with E-state index < -0.39 is 0 Å². The van der Waals surface area contributed by atoms with Crippen LogP contribution in [0.4, 0.5) is 5.69 Å². The molecule has 0 aliphatic carbocycles. The van der Waals surface area contributed by atoms with Crippen molar-refractivity contribution in [1.82, 2.24) is 9.88 Å². The number of rotatable bonds is 4. The predicted octanol–water partition coefficient (Wildman–Crippen LogP) is 3.18. The Bertz CT molecular complexity index is 965. The van der Waals surface area contributed by atoms with Crippen molar-refractivity contribution in [2.24, 2.45) is 0 Å². The number of amides is 1. The fraction of sp³-hybridized carbons (Fsp3) is 0.238. The summed E-state index contributed by atoms with van der Waals surface area (Å²) < 4.78 is 0. The molecule has 0 spiro atoms. The van der Waals surface area contributed by atoms with Gasteiger partial charge in [-0.05, 0) is 42.3 Å². The van der Waals surface area contributed by atoms with Crippen molar-refractivity contribution in [3.05, 3.63) is 71.4 Å². The van der Waals surface area contributed by atoms with Crippen LogP contribution in [-0.2, 0) is 13.1 Å². The summed E-state index contributed by atoms with van der Waals surface area (Å²) >= 11 is 0. The van der Waals surface area contributed by atoms with Gasteiger partial charge in [-0.3, -0.25) is 14.7 Å². The fourth-order valence-corrected chi connectivity index (χ4v) is 3.48. The number of aromatic nitrogens is 1. The molecule has 5 nitrogen and oxygen atoms in total. The molecule has 0 saturated carbocycles. The molecule has 0 unspecified atom stereocenters. The highest BCUT2D eigenvalue weighted by molar-refractivity contribution is 6.12. The van der Waals surface area contributed by atoms with Crippen LogP contribution in [-0.4, -0.2) is 33.5 Å². The molecule has 26 heavy (non-hydrogen) atoms. The van der Waals surface area contributed by atoms with E-state index in [4.69, 9.17) is 0 Å². The van der Waals surface area contributed by atoms with Crippen molar-refractivity contribution in [3.63, 3.8) is 0 Å². The van der Waals surface area contributed by atoms with Gasteiger partial charge in [0.05, 0.1) is 12.1 Å². The van der Waals surface area contributed by atoms with Crippen molar-refractivity contribution in [2.75, 3.05) is 11.9 Å². The van der Waals surface area contributed by atoms with Crippen LogP contribution in [0.3, 0.4) is 0 Å². The molecular weight excluding hydrogens is 326 g/mol. The topological polar surface area (TPSA) is 65.5 Å². The standard InChI is InChI=1S/C21H21N3O2/c1-14(13-25)24-11-15-5-2-9-20(18(15)12-24)23-21(26)17-6-3-8-19-16(17)7-4-10-22-19/h2-10,14,25H,11-13H2,1H3,(H,23,26)/t14-/m0/s1. The lowest BCUT2D eigenvalue weighted by atomic mass is 10.1. The Kier molecular flexibility index (Phi) is 4.41. The Morgan fingerprint density at radius 2 is 2.04 bits per heavy atom. The summed E-state index contributed by atoms with van der Waals surface area (Å²) in [4.78, 5) is 19.4. The highest BCUT2D eigenvalue weighted by Gasteiger charge is 2.25. The van der Waals surface area contributed by atoms with Crippen LogP contribution in [0.15, 0.2) is 54.7 Å². The Hall–Kier alpha value is -2.76. The smallest absolute Gasteiger partial charge is 0.256 e. The van der Waals surface area contributed by atoms with Crippen LogP contribution in [0.5, 0.6) is 0 Å². The van der Waals surface area contributed by atoms with Crippen molar-refractivity contribution >= 4 is 22.5 Å². The number of benzene rings is 2. The first-order chi connectivity index (χ1) is 12.7. The van der Waals surface area contributed by atoms with Crippen molar-refractivity contribution < 1.29 is 9.90 Å². The van der Waals surface area contributed by atoms with E-state index in [1.165, 1.54) is 5.56 Å². The molecule has 2 aromatic carbocycles. The Morgan fingerprint density at radius 3 is 2.88 bits per heavy atom. The van der Waals surface area contributed by atoms with Gasteiger partial charge in [0.25, 0.3) is 5.91 Å². The summed E-state index contributed by atoms with van der Waals surface area (Å²) in [7, 11) is 0. The Labute approximate surface area is 152 Å². The average Bonchev–Trinajstić information content (AvgIpc) is 3.12. The molecule has 1 aliphatic rings. The quantitative estimate of drug-likeness (QED) is 0.761. The number of aliphatic hydroxyl groups is 1. The van der Waals surface area contributed by atoms with Crippen molar-refractivity contribution in [3.8, 4) is 0 Å². The molecule has 132 valence electrons. The van der Waals surface area contributed by atoms with Crippen LogP contribution < -0.4 is 5.32 Å². The fourth-order valence-electron chi connectivity index (χ4n) is 3.48. The maximum atomic E-state index is 12.9. The molecule has 0 saturated heterocycles. The van der Waals surface area contributed by atoms with Gasteiger partial charge in [-0.15, -0.1) is 0 Å². The number of nitrogens with one attached hydrogen (secondary N) is 1. The third-order valence-corrected chi connectivity index (χ3v) is 5.03. The van der Waals surface area contributed by atoms with Crippen LogP contribution in [0.25, 0.3) is 10.9 Å². The number of pyridine rings is 1. The van der Waals surface area contributed by atoms with Gasteiger partial charge in [-0.1, -0.05) is 24.3 Å². The van der Waals surface area contributed by atoms with Crippen LogP contribution in [0.1, 0.15) is 28.4 Å². The molecule has 2 N–H and O–H groups in total. The summed E-state index contributed by atoms with van der Waals surface area (Å²) in [6, 6.07) is 15.4. The van der Waals surface area contributed by atoms with E-state index in [-0.39, 0.29) is 18.6 Å². The van der Waals surface area contributed by atoms with Gasteiger partial charge >= 0.3 is 0 Å². The lowest BCUT2D eigenvalue weighted by Crippen LogP contribution is -2.30. The minimum atomic E-state index is -0.134. The summed E-state index contributed by atoms with van der Waals surface area (Å²) in [5.41, 5.74) is 4.58. The number of nitrogens with zero attached hydrogens (tertiary/aromatic N) is 2. The van der Waals surface area contributed by atoms with Gasteiger partial charge in [0.2, 0.25) is 0 Å². The van der Waals surface area contributed by atoms with Crippen LogP contribution in [0, 0.1) is 0 Å². The minimum Gasteiger partial charge on any atom is -0.395 e. The molecule has 1 atom stereocenters. The van der Waals surface area contributed by atoms with E-state index in [1.54, 1.807) is 6.20 Å². The molecular formula is C21H21N3O2. The first kappa shape index (κ1) is 16.7. The maximum absolute atomic E-state index is 12.9. The van der Waals surface area contributed by atoms with Crippen LogP contribution in [0.2, 0.25) is 0 Å².